The first kappa shape index (κ1) is 16.4. The SMILES string of the molecule is COCCOCCOC(C)C(=O)Nc1ccccc1N. The van der Waals surface area contributed by atoms with Crippen molar-refractivity contribution in [2.75, 3.05) is 44.6 Å². The van der Waals surface area contributed by atoms with Crippen molar-refractivity contribution >= 4 is 17.3 Å². The molecular weight excluding hydrogens is 260 g/mol. The van der Waals surface area contributed by atoms with Gasteiger partial charge in [0, 0.05) is 7.11 Å². The van der Waals surface area contributed by atoms with Crippen molar-refractivity contribution in [1.29, 1.82) is 0 Å². The monoisotopic (exact) mass is 282 g/mol. The van der Waals surface area contributed by atoms with E-state index in [2.05, 4.69) is 5.32 Å². The van der Waals surface area contributed by atoms with Crippen LogP contribution in [0.2, 0.25) is 0 Å². The van der Waals surface area contributed by atoms with Crippen LogP contribution in [0.4, 0.5) is 11.4 Å². The van der Waals surface area contributed by atoms with Gasteiger partial charge < -0.3 is 25.3 Å². The van der Waals surface area contributed by atoms with Gasteiger partial charge in [0.25, 0.3) is 5.91 Å². The van der Waals surface area contributed by atoms with Crippen molar-refractivity contribution in [3.63, 3.8) is 0 Å². The van der Waals surface area contributed by atoms with E-state index in [-0.39, 0.29) is 5.91 Å². The molecule has 20 heavy (non-hydrogen) atoms. The number of rotatable bonds is 9. The van der Waals surface area contributed by atoms with Crippen LogP contribution in [-0.2, 0) is 19.0 Å². The molecule has 6 nitrogen and oxygen atoms in total. The number of amides is 1. The zero-order chi connectivity index (χ0) is 14.8. The molecule has 6 heteroatoms. The van der Waals surface area contributed by atoms with Gasteiger partial charge in [-0.25, -0.2) is 0 Å². The molecule has 0 aliphatic carbocycles. The summed E-state index contributed by atoms with van der Waals surface area (Å²) in [5, 5.41) is 2.72. The Morgan fingerprint density at radius 1 is 1.25 bits per heavy atom. The number of methoxy groups -OCH3 is 1. The minimum Gasteiger partial charge on any atom is -0.397 e. The fraction of sp³-hybridized carbons (Fsp3) is 0.500. The molecule has 0 saturated carbocycles. The Labute approximate surface area is 119 Å². The molecule has 0 heterocycles. The number of nitrogen functional groups attached to an aromatic ring is 1. The van der Waals surface area contributed by atoms with E-state index < -0.39 is 6.10 Å². The first-order valence-electron chi connectivity index (χ1n) is 6.48. The molecule has 0 aromatic heterocycles. The quantitative estimate of drug-likeness (QED) is 0.526. The molecule has 112 valence electrons. The average Bonchev–Trinajstić information content (AvgIpc) is 2.44. The minimum atomic E-state index is -0.569. The fourth-order valence-corrected chi connectivity index (χ4v) is 1.45. The van der Waals surface area contributed by atoms with E-state index in [1.54, 1.807) is 32.2 Å². The Kier molecular flexibility index (Phi) is 7.64. The van der Waals surface area contributed by atoms with Crippen LogP contribution >= 0.6 is 0 Å². The van der Waals surface area contributed by atoms with Gasteiger partial charge in [0.1, 0.15) is 6.10 Å². The first-order valence-corrected chi connectivity index (χ1v) is 6.48. The van der Waals surface area contributed by atoms with Crippen molar-refractivity contribution in [3.8, 4) is 0 Å². The van der Waals surface area contributed by atoms with Gasteiger partial charge in [-0.05, 0) is 19.1 Å². The number of para-hydroxylation sites is 2. The van der Waals surface area contributed by atoms with E-state index in [1.165, 1.54) is 0 Å². The molecule has 0 saturated heterocycles. The highest BCUT2D eigenvalue weighted by atomic mass is 16.5. The molecule has 0 bridgehead atoms. The normalized spacial score (nSPS) is 12.1. The molecule has 3 N–H and O–H groups in total. The molecule has 1 atom stereocenters. The average molecular weight is 282 g/mol. The second-order valence-electron chi connectivity index (χ2n) is 4.19. The number of anilines is 2. The number of ether oxygens (including phenoxy) is 3. The molecule has 0 aliphatic rings. The molecule has 1 amide bonds. The molecule has 1 aromatic carbocycles. The molecule has 1 aromatic rings. The molecule has 0 radical (unpaired) electrons. The highest BCUT2D eigenvalue weighted by Crippen LogP contribution is 2.16. The van der Waals surface area contributed by atoms with Gasteiger partial charge in [-0.15, -0.1) is 0 Å². The number of hydrogen-bond acceptors (Lipinski definition) is 5. The van der Waals surface area contributed by atoms with Gasteiger partial charge in [-0.1, -0.05) is 12.1 Å². The lowest BCUT2D eigenvalue weighted by atomic mass is 10.2. The molecule has 1 rings (SSSR count). The van der Waals surface area contributed by atoms with Gasteiger partial charge in [0.05, 0.1) is 37.8 Å². The fourth-order valence-electron chi connectivity index (χ4n) is 1.45. The summed E-state index contributed by atoms with van der Waals surface area (Å²) >= 11 is 0. The van der Waals surface area contributed by atoms with Crippen LogP contribution < -0.4 is 11.1 Å². The van der Waals surface area contributed by atoms with Crippen molar-refractivity contribution < 1.29 is 19.0 Å². The molecule has 1 unspecified atom stereocenters. The number of benzene rings is 1. The Balaban J connectivity index is 2.24. The van der Waals surface area contributed by atoms with E-state index in [0.29, 0.717) is 37.8 Å². The number of nitrogens with one attached hydrogen (secondary N) is 1. The first-order chi connectivity index (χ1) is 9.65. The minimum absolute atomic E-state index is 0.236. The Morgan fingerprint density at radius 3 is 2.65 bits per heavy atom. The maximum Gasteiger partial charge on any atom is 0.253 e. The second-order valence-corrected chi connectivity index (χ2v) is 4.19. The third kappa shape index (κ3) is 6.01. The van der Waals surface area contributed by atoms with Gasteiger partial charge >= 0.3 is 0 Å². The molecule has 0 aliphatic heterocycles. The van der Waals surface area contributed by atoms with Crippen LogP contribution in [0.15, 0.2) is 24.3 Å². The summed E-state index contributed by atoms with van der Waals surface area (Å²) in [5.74, 6) is -0.236. The van der Waals surface area contributed by atoms with E-state index in [0.717, 1.165) is 0 Å². The van der Waals surface area contributed by atoms with E-state index in [9.17, 15) is 4.79 Å². The second kappa shape index (κ2) is 9.30. The van der Waals surface area contributed by atoms with Crippen LogP contribution in [-0.4, -0.2) is 45.5 Å². The van der Waals surface area contributed by atoms with Crippen molar-refractivity contribution in [2.24, 2.45) is 0 Å². The molecule has 0 spiro atoms. The Morgan fingerprint density at radius 2 is 1.95 bits per heavy atom. The molecule has 0 fully saturated rings. The van der Waals surface area contributed by atoms with Crippen LogP contribution in [0.1, 0.15) is 6.92 Å². The maximum absolute atomic E-state index is 11.9. The van der Waals surface area contributed by atoms with Crippen LogP contribution in [0.5, 0.6) is 0 Å². The Bertz CT molecular complexity index is 412. The smallest absolute Gasteiger partial charge is 0.253 e. The van der Waals surface area contributed by atoms with Crippen LogP contribution in [0.25, 0.3) is 0 Å². The highest BCUT2D eigenvalue weighted by molar-refractivity contribution is 5.96. The lowest BCUT2D eigenvalue weighted by Gasteiger charge is -2.14. The largest absolute Gasteiger partial charge is 0.397 e. The summed E-state index contributed by atoms with van der Waals surface area (Å²) < 4.78 is 15.5. The highest BCUT2D eigenvalue weighted by Gasteiger charge is 2.14. The topological polar surface area (TPSA) is 82.8 Å². The lowest BCUT2D eigenvalue weighted by molar-refractivity contribution is -0.127. The predicted molar refractivity (Wildman–Crippen MR) is 77.6 cm³/mol. The summed E-state index contributed by atoms with van der Waals surface area (Å²) in [4.78, 5) is 11.9. The van der Waals surface area contributed by atoms with Crippen molar-refractivity contribution in [1.82, 2.24) is 0 Å². The van der Waals surface area contributed by atoms with Crippen molar-refractivity contribution in [3.05, 3.63) is 24.3 Å². The number of carbonyl (C=O) groups excluding carboxylic acids is 1. The van der Waals surface area contributed by atoms with Gasteiger partial charge in [0.2, 0.25) is 0 Å². The maximum atomic E-state index is 11.9. The van der Waals surface area contributed by atoms with E-state index in [4.69, 9.17) is 19.9 Å². The third-order valence-corrected chi connectivity index (χ3v) is 2.62. The van der Waals surface area contributed by atoms with Crippen molar-refractivity contribution in [2.45, 2.75) is 13.0 Å². The Hall–Kier alpha value is -1.63. The van der Waals surface area contributed by atoms with Crippen LogP contribution in [0.3, 0.4) is 0 Å². The number of carbonyl (C=O) groups is 1. The standard InChI is InChI=1S/C14H22N2O4/c1-11(20-10-9-19-8-7-18-2)14(17)16-13-6-4-3-5-12(13)15/h3-6,11H,7-10,15H2,1-2H3,(H,16,17). The summed E-state index contributed by atoms with van der Waals surface area (Å²) in [7, 11) is 1.61. The third-order valence-electron chi connectivity index (χ3n) is 2.62. The van der Waals surface area contributed by atoms with Gasteiger partial charge in [-0.2, -0.15) is 0 Å². The van der Waals surface area contributed by atoms with E-state index >= 15 is 0 Å². The number of nitrogens with two attached hydrogens (primary N) is 1. The zero-order valence-corrected chi connectivity index (χ0v) is 11.9. The summed E-state index contributed by atoms with van der Waals surface area (Å²) in [6.07, 6.45) is -0.569. The number of hydrogen-bond donors (Lipinski definition) is 2. The van der Waals surface area contributed by atoms with Crippen LogP contribution in [0, 0.1) is 0 Å². The predicted octanol–water partition coefficient (Wildman–Crippen LogP) is 1.28. The lowest BCUT2D eigenvalue weighted by Crippen LogP contribution is -2.29. The van der Waals surface area contributed by atoms with E-state index in [1.807, 2.05) is 6.07 Å². The summed E-state index contributed by atoms with van der Waals surface area (Å²) in [5.41, 5.74) is 6.86. The van der Waals surface area contributed by atoms with Gasteiger partial charge in [-0.3, -0.25) is 4.79 Å². The van der Waals surface area contributed by atoms with Gasteiger partial charge in [0.15, 0.2) is 0 Å². The summed E-state index contributed by atoms with van der Waals surface area (Å²) in [6.45, 7) is 3.52. The molecular formula is C14H22N2O4. The zero-order valence-electron chi connectivity index (χ0n) is 11.9. The summed E-state index contributed by atoms with van der Waals surface area (Å²) in [6, 6.07) is 7.09.